The van der Waals surface area contributed by atoms with Crippen molar-refractivity contribution in [3.8, 4) is 11.1 Å². The Morgan fingerprint density at radius 2 is 1.96 bits per heavy atom. The van der Waals surface area contributed by atoms with Gasteiger partial charge in [0, 0.05) is 0 Å². The molecular formula is C20H20N2O3S3. The number of sulfone groups is 1. The van der Waals surface area contributed by atoms with E-state index in [2.05, 4.69) is 0 Å². The standard InChI is InChI=1S/C20H20N2O3S3/c1-12-6-7-13(11-23)8-16(12)14-4-3-5-15(9-14)28(24,25)18-10-17(19(21)22)27-20(18)26-2/h3-10,23H,11H2,1-2H3,(H3,21,22). The van der Waals surface area contributed by atoms with E-state index in [1.165, 1.54) is 29.2 Å². The Morgan fingerprint density at radius 1 is 1.21 bits per heavy atom. The van der Waals surface area contributed by atoms with Crippen molar-refractivity contribution in [2.75, 3.05) is 6.26 Å². The van der Waals surface area contributed by atoms with Crippen LogP contribution in [-0.4, -0.2) is 25.6 Å². The molecule has 0 fully saturated rings. The molecule has 5 nitrogen and oxygen atoms in total. The number of thiophene rings is 1. The lowest BCUT2D eigenvalue weighted by Crippen LogP contribution is -2.08. The van der Waals surface area contributed by atoms with Gasteiger partial charge in [-0.3, -0.25) is 5.41 Å². The number of aliphatic hydroxyl groups is 1. The summed E-state index contributed by atoms with van der Waals surface area (Å²) in [7, 11) is -3.77. The Morgan fingerprint density at radius 3 is 2.61 bits per heavy atom. The molecule has 0 saturated carbocycles. The quantitative estimate of drug-likeness (QED) is 0.310. The molecule has 1 aromatic heterocycles. The predicted molar refractivity (Wildman–Crippen MR) is 115 cm³/mol. The van der Waals surface area contributed by atoms with Gasteiger partial charge in [0.15, 0.2) is 0 Å². The van der Waals surface area contributed by atoms with Gasteiger partial charge in [-0.1, -0.05) is 24.3 Å². The summed E-state index contributed by atoms with van der Waals surface area (Å²) < 4.78 is 27.2. The fourth-order valence-electron chi connectivity index (χ4n) is 2.86. The molecule has 2 aromatic carbocycles. The van der Waals surface area contributed by atoms with E-state index in [1.54, 1.807) is 24.5 Å². The molecule has 0 spiro atoms. The summed E-state index contributed by atoms with van der Waals surface area (Å²) in [6, 6.07) is 13.9. The Balaban J connectivity index is 2.13. The molecule has 0 bridgehead atoms. The first-order valence-corrected chi connectivity index (χ1v) is 11.9. The van der Waals surface area contributed by atoms with Gasteiger partial charge >= 0.3 is 0 Å². The van der Waals surface area contributed by atoms with Gasteiger partial charge in [0.05, 0.1) is 25.5 Å². The smallest absolute Gasteiger partial charge is 0.208 e. The highest BCUT2D eigenvalue weighted by Crippen LogP contribution is 2.37. The van der Waals surface area contributed by atoms with Crippen LogP contribution in [0.4, 0.5) is 0 Å². The van der Waals surface area contributed by atoms with Gasteiger partial charge in [0.2, 0.25) is 9.84 Å². The average Bonchev–Trinajstić information content (AvgIpc) is 3.14. The zero-order chi connectivity index (χ0) is 20.5. The number of rotatable bonds is 6. The minimum Gasteiger partial charge on any atom is -0.392 e. The largest absolute Gasteiger partial charge is 0.392 e. The molecule has 8 heteroatoms. The average molecular weight is 433 g/mol. The van der Waals surface area contributed by atoms with Crippen LogP contribution in [0.5, 0.6) is 0 Å². The van der Waals surface area contributed by atoms with Crippen LogP contribution < -0.4 is 5.73 Å². The highest BCUT2D eigenvalue weighted by atomic mass is 32.2. The Bertz CT molecular complexity index is 1150. The summed E-state index contributed by atoms with van der Waals surface area (Å²) in [5.41, 5.74) is 8.95. The van der Waals surface area contributed by atoms with E-state index in [-0.39, 0.29) is 22.2 Å². The highest BCUT2D eigenvalue weighted by Gasteiger charge is 2.25. The molecule has 0 radical (unpaired) electrons. The Kier molecular flexibility index (Phi) is 5.95. The van der Waals surface area contributed by atoms with Gasteiger partial charge in [-0.05, 0) is 59.7 Å². The van der Waals surface area contributed by atoms with E-state index in [0.29, 0.717) is 9.09 Å². The molecule has 4 N–H and O–H groups in total. The zero-order valence-electron chi connectivity index (χ0n) is 15.4. The second-order valence-electron chi connectivity index (χ2n) is 6.22. The van der Waals surface area contributed by atoms with Crippen molar-refractivity contribution in [2.45, 2.75) is 27.5 Å². The topological polar surface area (TPSA) is 104 Å². The number of hydrogen-bond donors (Lipinski definition) is 3. The first kappa shape index (κ1) is 20.6. The minimum atomic E-state index is -3.77. The zero-order valence-corrected chi connectivity index (χ0v) is 17.8. The number of aryl methyl sites for hydroxylation is 1. The van der Waals surface area contributed by atoms with Crippen LogP contribution in [0.15, 0.2) is 62.5 Å². The first-order valence-electron chi connectivity index (χ1n) is 8.36. The van der Waals surface area contributed by atoms with Crippen LogP contribution in [0.2, 0.25) is 0 Å². The number of nitrogens with one attached hydrogen (secondary N) is 1. The normalized spacial score (nSPS) is 11.5. The first-order chi connectivity index (χ1) is 13.3. The van der Waals surface area contributed by atoms with E-state index < -0.39 is 9.84 Å². The summed E-state index contributed by atoms with van der Waals surface area (Å²) in [5, 5.41) is 17.0. The van der Waals surface area contributed by atoms with Gasteiger partial charge in [-0.25, -0.2) is 8.42 Å². The van der Waals surface area contributed by atoms with E-state index in [9.17, 15) is 13.5 Å². The van der Waals surface area contributed by atoms with Crippen molar-refractivity contribution in [3.63, 3.8) is 0 Å². The lowest BCUT2D eigenvalue weighted by Gasteiger charge is -2.11. The van der Waals surface area contributed by atoms with Crippen LogP contribution in [0.25, 0.3) is 11.1 Å². The summed E-state index contributed by atoms with van der Waals surface area (Å²) >= 11 is 2.53. The SMILES string of the molecule is CSc1sc(C(=N)N)cc1S(=O)(=O)c1cccc(-c2cc(CO)ccc2C)c1. The summed E-state index contributed by atoms with van der Waals surface area (Å²) in [6.07, 6.45) is 1.80. The number of thioether (sulfide) groups is 1. The molecule has 0 amide bonds. The van der Waals surface area contributed by atoms with E-state index in [4.69, 9.17) is 11.1 Å². The molecular weight excluding hydrogens is 412 g/mol. The molecule has 0 unspecified atom stereocenters. The van der Waals surface area contributed by atoms with Crippen molar-refractivity contribution in [2.24, 2.45) is 5.73 Å². The molecule has 28 heavy (non-hydrogen) atoms. The van der Waals surface area contributed by atoms with E-state index in [1.807, 2.05) is 31.2 Å². The van der Waals surface area contributed by atoms with Crippen molar-refractivity contribution in [3.05, 3.63) is 64.5 Å². The molecule has 0 atom stereocenters. The van der Waals surface area contributed by atoms with Gasteiger partial charge < -0.3 is 10.8 Å². The number of aliphatic hydroxyl groups excluding tert-OH is 1. The molecule has 3 rings (SSSR count). The summed E-state index contributed by atoms with van der Waals surface area (Å²) in [6.45, 7) is 1.87. The maximum absolute atomic E-state index is 13.3. The molecule has 146 valence electrons. The fraction of sp³-hybridized carbons (Fsp3) is 0.150. The van der Waals surface area contributed by atoms with Crippen molar-refractivity contribution in [1.29, 1.82) is 5.41 Å². The van der Waals surface area contributed by atoms with E-state index in [0.717, 1.165) is 22.3 Å². The van der Waals surface area contributed by atoms with Crippen LogP contribution >= 0.6 is 23.1 Å². The second kappa shape index (κ2) is 8.08. The monoisotopic (exact) mass is 432 g/mol. The second-order valence-corrected chi connectivity index (χ2v) is 10.3. The lowest BCUT2D eigenvalue weighted by atomic mass is 9.98. The molecule has 0 aliphatic heterocycles. The number of hydrogen-bond acceptors (Lipinski definition) is 6. The predicted octanol–water partition coefficient (Wildman–Crippen LogP) is 4.05. The van der Waals surface area contributed by atoms with Crippen LogP contribution in [0, 0.1) is 12.3 Å². The van der Waals surface area contributed by atoms with Crippen LogP contribution in [-0.2, 0) is 16.4 Å². The van der Waals surface area contributed by atoms with Crippen molar-refractivity contribution in [1.82, 2.24) is 0 Å². The van der Waals surface area contributed by atoms with Gasteiger partial charge in [0.25, 0.3) is 0 Å². The van der Waals surface area contributed by atoms with Crippen molar-refractivity contribution < 1.29 is 13.5 Å². The number of amidine groups is 1. The third kappa shape index (κ3) is 3.86. The molecule has 0 aliphatic rings. The van der Waals surface area contributed by atoms with Gasteiger partial charge in [-0.15, -0.1) is 23.1 Å². The molecule has 0 aliphatic carbocycles. The van der Waals surface area contributed by atoms with E-state index >= 15 is 0 Å². The number of benzene rings is 2. The van der Waals surface area contributed by atoms with Crippen LogP contribution in [0.1, 0.15) is 16.0 Å². The number of nitrogens with two attached hydrogens (primary N) is 1. The van der Waals surface area contributed by atoms with Crippen molar-refractivity contribution >= 4 is 38.8 Å². The maximum atomic E-state index is 13.3. The third-order valence-corrected chi connectivity index (χ3v) is 8.68. The van der Waals surface area contributed by atoms with Gasteiger partial charge in [-0.2, -0.15) is 0 Å². The van der Waals surface area contributed by atoms with Crippen LogP contribution in [0.3, 0.4) is 0 Å². The summed E-state index contributed by atoms with van der Waals surface area (Å²) in [5.74, 6) is -0.146. The minimum absolute atomic E-state index is 0.0783. The Labute approximate surface area is 172 Å². The fourth-order valence-corrected chi connectivity index (χ4v) is 6.76. The molecule has 3 aromatic rings. The lowest BCUT2D eigenvalue weighted by molar-refractivity contribution is 0.282. The maximum Gasteiger partial charge on any atom is 0.208 e. The molecule has 0 saturated heterocycles. The Hall–Kier alpha value is -2.13. The van der Waals surface area contributed by atoms with Gasteiger partial charge in [0.1, 0.15) is 5.84 Å². The third-order valence-electron chi connectivity index (χ3n) is 4.35. The summed E-state index contributed by atoms with van der Waals surface area (Å²) in [4.78, 5) is 0.792. The number of nitrogen functional groups attached to an aromatic ring is 1. The highest BCUT2D eigenvalue weighted by molar-refractivity contribution is 8.01. The molecule has 1 heterocycles.